The fraction of sp³-hybridized carbons (Fsp3) is 0.277. The van der Waals surface area contributed by atoms with Crippen LogP contribution < -0.4 is 4.74 Å². The maximum atomic E-state index is 13.9. The van der Waals surface area contributed by atoms with E-state index in [1.165, 1.54) is 0 Å². The molecule has 0 aliphatic carbocycles. The van der Waals surface area contributed by atoms with Gasteiger partial charge in [-0.1, -0.05) is 72.9 Å². The standard InChI is InChI=1S/C47H40O7S/c1-26(2)43(48)53-47(36-25-30-17-21-39(36)51-30)33-11-7-9-13-41(33)55-42-23-28(15-19-34(42)47)27-14-18-32-40(22-27)52-37-12-8-6-10-31(37)46(32,54-44(49)45(3,4)5)35-24-29-16-20-38(35)50-29/h6-16,18-20,22-24,30,36,39H,1,17,21,25H2,2-5H3. The van der Waals surface area contributed by atoms with Gasteiger partial charge < -0.3 is 23.4 Å². The van der Waals surface area contributed by atoms with Crippen LogP contribution in [0.1, 0.15) is 74.8 Å². The zero-order valence-electron chi connectivity index (χ0n) is 31.1. The lowest BCUT2D eigenvalue weighted by molar-refractivity contribution is -0.163. The monoisotopic (exact) mass is 748 g/mol. The summed E-state index contributed by atoms with van der Waals surface area (Å²) in [6, 6.07) is 34.2. The summed E-state index contributed by atoms with van der Waals surface area (Å²) in [4.78, 5) is 29.6. The maximum absolute atomic E-state index is 13.9. The molecule has 4 aromatic carbocycles. The Morgan fingerprint density at radius 3 is 2.16 bits per heavy atom. The normalized spacial score (nSPS) is 24.7. The van der Waals surface area contributed by atoms with E-state index in [1.54, 1.807) is 18.7 Å². The molecule has 2 aromatic heterocycles. The Morgan fingerprint density at radius 2 is 1.47 bits per heavy atom. The molecule has 10 rings (SSSR count). The SMILES string of the molecule is C=C(C)C(=O)OC1(C2CC3CCC2O3)c2ccccc2Sc2cc(-c3ccc4c(c3)Oc3ccccc3C4(OC(=O)C(C)(C)C)c3cc4ccc3o4)ccc21. The second-order valence-electron chi connectivity index (χ2n) is 16.3. The summed E-state index contributed by atoms with van der Waals surface area (Å²) in [5.41, 5.74) is 4.60. The van der Waals surface area contributed by atoms with E-state index in [4.69, 9.17) is 23.4 Å². The first kappa shape index (κ1) is 34.2. The molecule has 4 aliphatic heterocycles. The molecular weight excluding hydrogens is 709 g/mol. The molecule has 55 heavy (non-hydrogen) atoms. The highest BCUT2D eigenvalue weighted by Crippen LogP contribution is 2.60. The van der Waals surface area contributed by atoms with Gasteiger partial charge in [0.15, 0.2) is 11.2 Å². The number of hydrogen-bond acceptors (Lipinski definition) is 8. The topological polar surface area (TPSA) is 84.2 Å². The molecule has 4 aliphatic rings. The average molecular weight is 749 g/mol. The zero-order chi connectivity index (χ0) is 37.9. The molecule has 276 valence electrons. The van der Waals surface area contributed by atoms with Gasteiger partial charge >= 0.3 is 11.9 Å². The van der Waals surface area contributed by atoms with Crippen molar-refractivity contribution < 1.29 is 33.0 Å². The summed E-state index contributed by atoms with van der Waals surface area (Å²) in [5, 5.41) is 0. The number of furan rings is 2. The van der Waals surface area contributed by atoms with Crippen molar-refractivity contribution in [3.8, 4) is 22.6 Å². The van der Waals surface area contributed by atoms with Crippen LogP contribution in [-0.4, -0.2) is 24.1 Å². The molecule has 5 atom stereocenters. The average Bonchev–Trinajstić information content (AvgIpc) is 4.01. The van der Waals surface area contributed by atoms with Crippen LogP contribution in [0.2, 0.25) is 0 Å². The van der Waals surface area contributed by atoms with Crippen molar-refractivity contribution in [1.29, 1.82) is 0 Å². The highest BCUT2D eigenvalue weighted by Gasteiger charge is 2.58. The summed E-state index contributed by atoms with van der Waals surface area (Å²) in [6.45, 7) is 11.2. The number of ether oxygens (including phenoxy) is 4. The van der Waals surface area contributed by atoms with E-state index in [-0.39, 0.29) is 24.1 Å². The van der Waals surface area contributed by atoms with Crippen molar-refractivity contribution in [2.75, 3.05) is 0 Å². The molecule has 7 nitrogen and oxygen atoms in total. The number of carbonyl (C=O) groups is 2. The van der Waals surface area contributed by atoms with Gasteiger partial charge in [-0.25, -0.2) is 4.79 Å². The minimum absolute atomic E-state index is 0.0115. The van der Waals surface area contributed by atoms with Crippen LogP contribution in [0.15, 0.2) is 129 Å². The van der Waals surface area contributed by atoms with Crippen molar-refractivity contribution in [3.63, 3.8) is 0 Å². The summed E-state index contributed by atoms with van der Waals surface area (Å²) < 4.78 is 32.6. The van der Waals surface area contributed by atoms with Crippen LogP contribution in [-0.2, 0) is 35.0 Å². The van der Waals surface area contributed by atoms with E-state index in [0.717, 1.165) is 62.4 Å². The van der Waals surface area contributed by atoms with Gasteiger partial charge in [-0.05, 0) is 107 Å². The Kier molecular flexibility index (Phi) is 7.52. The van der Waals surface area contributed by atoms with E-state index in [2.05, 4.69) is 43.0 Å². The van der Waals surface area contributed by atoms with Gasteiger partial charge in [-0.3, -0.25) is 4.79 Å². The van der Waals surface area contributed by atoms with Gasteiger partial charge in [-0.15, -0.1) is 0 Å². The fourth-order valence-corrected chi connectivity index (χ4v) is 10.3. The quantitative estimate of drug-likeness (QED) is 0.123. The Balaban J connectivity index is 1.13. The molecule has 0 radical (unpaired) electrons. The third kappa shape index (κ3) is 5.07. The lowest BCUT2D eigenvalue weighted by Crippen LogP contribution is -2.47. The van der Waals surface area contributed by atoms with E-state index in [0.29, 0.717) is 33.8 Å². The van der Waals surface area contributed by atoms with Gasteiger partial charge in [0, 0.05) is 43.5 Å². The summed E-state index contributed by atoms with van der Waals surface area (Å²) in [6.07, 6.45) is 2.92. The number of fused-ring (bicyclic) bond motifs is 8. The summed E-state index contributed by atoms with van der Waals surface area (Å²) >= 11 is 1.68. The lowest BCUT2D eigenvalue weighted by Gasteiger charge is -2.45. The number of carbonyl (C=O) groups excluding carboxylic acids is 2. The van der Waals surface area contributed by atoms with E-state index >= 15 is 0 Å². The minimum Gasteiger partial charge on any atom is -0.457 e. The Morgan fingerprint density at radius 1 is 0.764 bits per heavy atom. The fourth-order valence-electron chi connectivity index (χ4n) is 9.10. The number of rotatable bonds is 6. The van der Waals surface area contributed by atoms with Crippen LogP contribution in [0.4, 0.5) is 0 Å². The molecule has 2 fully saturated rings. The predicted octanol–water partition coefficient (Wildman–Crippen LogP) is 10.9. The van der Waals surface area contributed by atoms with Gasteiger partial charge in [0.2, 0.25) is 0 Å². The van der Waals surface area contributed by atoms with Crippen molar-refractivity contribution >= 4 is 34.9 Å². The number of benzene rings is 5. The lowest BCUT2D eigenvalue weighted by atomic mass is 9.69. The third-order valence-electron chi connectivity index (χ3n) is 11.7. The third-order valence-corrected chi connectivity index (χ3v) is 12.8. The van der Waals surface area contributed by atoms with Crippen molar-refractivity contribution in [1.82, 2.24) is 0 Å². The highest BCUT2D eigenvalue weighted by molar-refractivity contribution is 7.99. The number of hydrogen-bond donors (Lipinski definition) is 0. The molecule has 6 aromatic rings. The number of para-hydroxylation sites is 1. The van der Waals surface area contributed by atoms with E-state index in [9.17, 15) is 9.59 Å². The van der Waals surface area contributed by atoms with Crippen molar-refractivity contribution in [2.24, 2.45) is 11.3 Å². The second kappa shape index (κ2) is 12.1. The highest BCUT2D eigenvalue weighted by atomic mass is 32.2. The van der Waals surface area contributed by atoms with Crippen LogP contribution in [0.25, 0.3) is 22.3 Å². The van der Waals surface area contributed by atoms with Gasteiger partial charge in [0.1, 0.15) is 22.7 Å². The van der Waals surface area contributed by atoms with Crippen LogP contribution in [0, 0.1) is 11.3 Å². The van der Waals surface area contributed by atoms with Gasteiger partial charge in [0.25, 0.3) is 0 Å². The zero-order valence-corrected chi connectivity index (χ0v) is 32.0. The second-order valence-corrected chi connectivity index (χ2v) is 17.4. The molecule has 0 saturated carbocycles. The molecule has 0 spiro atoms. The molecule has 8 heteroatoms. The Bertz CT molecular complexity index is 2560. The van der Waals surface area contributed by atoms with Gasteiger partial charge in [-0.2, -0.15) is 0 Å². The molecule has 6 heterocycles. The van der Waals surface area contributed by atoms with Crippen LogP contribution in [0.3, 0.4) is 0 Å². The maximum Gasteiger partial charge on any atom is 0.334 e. The first-order valence-electron chi connectivity index (χ1n) is 18.9. The minimum atomic E-state index is -1.32. The molecule has 5 unspecified atom stereocenters. The van der Waals surface area contributed by atoms with Crippen molar-refractivity contribution in [2.45, 2.75) is 80.2 Å². The summed E-state index contributed by atoms with van der Waals surface area (Å²) in [7, 11) is 0. The van der Waals surface area contributed by atoms with Crippen LogP contribution >= 0.6 is 11.8 Å². The smallest absolute Gasteiger partial charge is 0.334 e. The molecular formula is C47H40O7S. The summed E-state index contributed by atoms with van der Waals surface area (Å²) in [5.74, 6) is 0.376. The first-order chi connectivity index (χ1) is 26.5. The van der Waals surface area contributed by atoms with Crippen LogP contribution in [0.5, 0.6) is 11.5 Å². The van der Waals surface area contributed by atoms with E-state index < -0.39 is 22.6 Å². The van der Waals surface area contributed by atoms with Crippen molar-refractivity contribution in [3.05, 3.63) is 143 Å². The molecule has 0 amide bonds. The molecule has 0 N–H and O–H groups in total. The predicted molar refractivity (Wildman–Crippen MR) is 209 cm³/mol. The van der Waals surface area contributed by atoms with E-state index in [1.807, 2.05) is 87.5 Å². The number of esters is 2. The first-order valence-corrected chi connectivity index (χ1v) is 19.7. The van der Waals surface area contributed by atoms with Gasteiger partial charge in [0.05, 0.1) is 23.2 Å². The Labute approximate surface area is 324 Å². The molecule has 4 bridgehead atoms. The Hall–Kier alpha value is -5.31. The largest absolute Gasteiger partial charge is 0.457 e. The molecule has 2 saturated heterocycles.